The van der Waals surface area contributed by atoms with Gasteiger partial charge in [0.2, 0.25) is 0 Å². The van der Waals surface area contributed by atoms with E-state index in [1.807, 2.05) is 11.0 Å². The molecule has 1 nitrogen and oxygen atoms in total. The Morgan fingerprint density at radius 2 is 2.43 bits per heavy atom. The molecule has 0 aromatic heterocycles. The average Bonchev–Trinajstić information content (AvgIpc) is 1.68. The maximum absolute atomic E-state index is 9.73. The minimum Gasteiger partial charge on any atom is -0.303 e. The zero-order chi connectivity index (χ0) is 5.70. The molecule has 0 atom stereocenters. The van der Waals surface area contributed by atoms with Crippen LogP contribution in [0.5, 0.6) is 0 Å². The van der Waals surface area contributed by atoms with E-state index >= 15 is 0 Å². The SMILES string of the molecule is C/C(=C/I)CC=O. The first-order valence-corrected chi connectivity index (χ1v) is 3.25. The van der Waals surface area contributed by atoms with E-state index in [0.29, 0.717) is 6.42 Å². The number of aldehydes is 1. The first kappa shape index (κ1) is 7.14. The van der Waals surface area contributed by atoms with Crippen molar-refractivity contribution in [3.63, 3.8) is 0 Å². The molecule has 0 spiro atoms. The summed E-state index contributed by atoms with van der Waals surface area (Å²) in [7, 11) is 0. The fourth-order valence-electron chi connectivity index (χ4n) is 0.176. The Hall–Kier alpha value is 0.140. The topological polar surface area (TPSA) is 17.1 Å². The van der Waals surface area contributed by atoms with Crippen LogP contribution in [0, 0.1) is 0 Å². The summed E-state index contributed by atoms with van der Waals surface area (Å²) >= 11 is 2.12. The minimum atomic E-state index is 0.572. The van der Waals surface area contributed by atoms with E-state index in [2.05, 4.69) is 22.6 Å². The molecule has 0 bridgehead atoms. The van der Waals surface area contributed by atoms with E-state index in [9.17, 15) is 4.79 Å². The lowest BCUT2D eigenvalue weighted by atomic mass is 10.3. The first-order valence-electron chi connectivity index (χ1n) is 2.00. The van der Waals surface area contributed by atoms with Crippen molar-refractivity contribution >= 4 is 28.9 Å². The van der Waals surface area contributed by atoms with Gasteiger partial charge in [-0.3, -0.25) is 0 Å². The number of halogens is 1. The first-order chi connectivity index (χ1) is 3.31. The van der Waals surface area contributed by atoms with E-state index in [1.165, 1.54) is 0 Å². The summed E-state index contributed by atoms with van der Waals surface area (Å²) in [6.07, 6.45) is 1.48. The fraction of sp³-hybridized carbons (Fsp3) is 0.400. The number of hydrogen-bond acceptors (Lipinski definition) is 1. The molecule has 40 valence electrons. The minimum absolute atomic E-state index is 0.572. The Balaban J connectivity index is 3.36. The standard InChI is InChI=1S/C5H7IO/c1-5(4-6)2-3-7/h3-4H,2H2,1H3/b5-4-. The third kappa shape index (κ3) is 3.98. The smallest absolute Gasteiger partial charge is 0.124 e. The Kier molecular flexibility index (Phi) is 4.39. The van der Waals surface area contributed by atoms with Gasteiger partial charge in [-0.15, -0.1) is 0 Å². The van der Waals surface area contributed by atoms with Gasteiger partial charge in [-0.25, -0.2) is 0 Å². The second-order valence-electron chi connectivity index (χ2n) is 1.33. The molecule has 7 heavy (non-hydrogen) atoms. The molecule has 0 aliphatic carbocycles. The van der Waals surface area contributed by atoms with Crippen molar-refractivity contribution in [2.24, 2.45) is 0 Å². The summed E-state index contributed by atoms with van der Waals surface area (Å²) in [6.45, 7) is 1.93. The van der Waals surface area contributed by atoms with Crippen LogP contribution < -0.4 is 0 Å². The van der Waals surface area contributed by atoms with Crippen molar-refractivity contribution in [1.29, 1.82) is 0 Å². The van der Waals surface area contributed by atoms with E-state index in [1.54, 1.807) is 0 Å². The van der Waals surface area contributed by atoms with Crippen molar-refractivity contribution in [2.75, 3.05) is 0 Å². The number of rotatable bonds is 2. The highest BCUT2D eigenvalue weighted by atomic mass is 127. The highest BCUT2D eigenvalue weighted by Crippen LogP contribution is 1.99. The lowest BCUT2D eigenvalue weighted by molar-refractivity contribution is -0.107. The maximum atomic E-state index is 9.73. The molecular formula is C5H7IO. The Bertz CT molecular complexity index is 86.1. The Morgan fingerprint density at radius 3 is 2.57 bits per heavy atom. The van der Waals surface area contributed by atoms with Crippen LogP contribution in [0.25, 0.3) is 0 Å². The van der Waals surface area contributed by atoms with Gasteiger partial charge in [0.25, 0.3) is 0 Å². The molecule has 0 radical (unpaired) electrons. The third-order valence-electron chi connectivity index (χ3n) is 0.592. The van der Waals surface area contributed by atoms with Gasteiger partial charge in [0.05, 0.1) is 0 Å². The molecule has 0 N–H and O–H groups in total. The number of carbonyl (C=O) groups excluding carboxylic acids is 1. The fourth-order valence-corrected chi connectivity index (χ4v) is 0.430. The van der Waals surface area contributed by atoms with Crippen LogP contribution in [0.3, 0.4) is 0 Å². The molecule has 2 heteroatoms. The van der Waals surface area contributed by atoms with Crippen molar-refractivity contribution in [3.8, 4) is 0 Å². The van der Waals surface area contributed by atoms with E-state index in [-0.39, 0.29) is 0 Å². The zero-order valence-electron chi connectivity index (χ0n) is 4.15. The largest absolute Gasteiger partial charge is 0.303 e. The van der Waals surface area contributed by atoms with Crippen molar-refractivity contribution in [3.05, 3.63) is 9.66 Å². The van der Waals surface area contributed by atoms with Crippen LogP contribution in [-0.2, 0) is 4.79 Å². The van der Waals surface area contributed by atoms with Crippen molar-refractivity contribution < 1.29 is 4.79 Å². The molecule has 0 saturated heterocycles. The van der Waals surface area contributed by atoms with Crippen molar-refractivity contribution in [2.45, 2.75) is 13.3 Å². The highest BCUT2D eigenvalue weighted by molar-refractivity contribution is 14.1. The lowest BCUT2D eigenvalue weighted by Crippen LogP contribution is -1.73. The van der Waals surface area contributed by atoms with E-state index in [4.69, 9.17) is 0 Å². The molecule has 0 aliphatic heterocycles. The molecule has 0 amide bonds. The van der Waals surface area contributed by atoms with Crippen LogP contribution in [0.15, 0.2) is 9.66 Å². The van der Waals surface area contributed by atoms with Gasteiger partial charge in [-0.05, 0) is 11.0 Å². The highest BCUT2D eigenvalue weighted by Gasteiger charge is 1.80. The van der Waals surface area contributed by atoms with Gasteiger partial charge in [0.1, 0.15) is 6.29 Å². The maximum Gasteiger partial charge on any atom is 0.124 e. The normalized spacial score (nSPS) is 11.4. The Labute approximate surface area is 56.9 Å². The van der Waals surface area contributed by atoms with Gasteiger partial charge >= 0.3 is 0 Å². The van der Waals surface area contributed by atoms with Gasteiger partial charge in [-0.2, -0.15) is 0 Å². The predicted molar refractivity (Wildman–Crippen MR) is 38.5 cm³/mol. The monoisotopic (exact) mass is 210 g/mol. The van der Waals surface area contributed by atoms with Gasteiger partial charge in [0.15, 0.2) is 0 Å². The summed E-state index contributed by atoms with van der Waals surface area (Å²) in [5, 5.41) is 0. The molecule has 0 saturated carbocycles. The third-order valence-corrected chi connectivity index (χ3v) is 1.65. The van der Waals surface area contributed by atoms with Crippen LogP contribution in [0.2, 0.25) is 0 Å². The molecule has 0 heterocycles. The number of carbonyl (C=O) groups is 1. The second-order valence-corrected chi connectivity index (χ2v) is 1.95. The van der Waals surface area contributed by atoms with Crippen LogP contribution in [0.4, 0.5) is 0 Å². The summed E-state index contributed by atoms with van der Waals surface area (Å²) in [5.74, 6) is 0. The van der Waals surface area contributed by atoms with Gasteiger partial charge in [0, 0.05) is 6.42 Å². The quantitative estimate of drug-likeness (QED) is 0.502. The molecular weight excluding hydrogens is 203 g/mol. The molecule has 0 aromatic rings. The summed E-state index contributed by atoms with van der Waals surface area (Å²) in [6, 6.07) is 0. The zero-order valence-corrected chi connectivity index (χ0v) is 6.31. The van der Waals surface area contributed by atoms with Gasteiger partial charge in [-0.1, -0.05) is 28.2 Å². The van der Waals surface area contributed by atoms with Gasteiger partial charge < -0.3 is 4.79 Å². The summed E-state index contributed by atoms with van der Waals surface area (Å²) < 4.78 is 1.91. The van der Waals surface area contributed by atoms with E-state index < -0.39 is 0 Å². The van der Waals surface area contributed by atoms with Crippen LogP contribution in [0.1, 0.15) is 13.3 Å². The Morgan fingerprint density at radius 1 is 1.86 bits per heavy atom. The molecule has 0 rings (SSSR count). The number of allylic oxidation sites excluding steroid dienone is 1. The van der Waals surface area contributed by atoms with Crippen molar-refractivity contribution in [1.82, 2.24) is 0 Å². The molecule has 0 fully saturated rings. The lowest BCUT2D eigenvalue weighted by Gasteiger charge is -1.83. The average molecular weight is 210 g/mol. The van der Waals surface area contributed by atoms with Crippen LogP contribution >= 0.6 is 22.6 Å². The summed E-state index contributed by atoms with van der Waals surface area (Å²) in [4.78, 5) is 9.73. The molecule has 0 aromatic carbocycles. The predicted octanol–water partition coefficient (Wildman–Crippen LogP) is 1.91. The molecule has 0 aliphatic rings. The van der Waals surface area contributed by atoms with Crippen LogP contribution in [-0.4, -0.2) is 6.29 Å². The summed E-state index contributed by atoms with van der Waals surface area (Å²) in [5.41, 5.74) is 1.12. The second kappa shape index (κ2) is 4.30. The van der Waals surface area contributed by atoms with E-state index in [0.717, 1.165) is 11.9 Å². The molecule has 0 unspecified atom stereocenters. The number of hydrogen-bond donors (Lipinski definition) is 0.